The Morgan fingerprint density at radius 2 is 2.10 bits per heavy atom. The highest BCUT2D eigenvalue weighted by molar-refractivity contribution is 7.10. The number of hydrogen-bond acceptors (Lipinski definition) is 4. The second-order valence-electron chi connectivity index (χ2n) is 4.86. The lowest BCUT2D eigenvalue weighted by Crippen LogP contribution is -2.25. The molecule has 20 heavy (non-hydrogen) atoms. The second-order valence-corrected chi connectivity index (χ2v) is 5.80. The maximum atomic E-state index is 12.2. The van der Waals surface area contributed by atoms with Crippen LogP contribution in [-0.4, -0.2) is 17.3 Å². The number of ketones is 1. The lowest BCUT2D eigenvalue weighted by atomic mass is 9.97. The zero-order valence-electron chi connectivity index (χ0n) is 11.7. The summed E-state index contributed by atoms with van der Waals surface area (Å²) in [7, 11) is 0. The molecule has 2 rings (SSSR count). The van der Waals surface area contributed by atoms with Crippen LogP contribution in [0.3, 0.4) is 0 Å². The van der Waals surface area contributed by atoms with Gasteiger partial charge in [0.15, 0.2) is 0 Å². The molecule has 0 aliphatic rings. The first kappa shape index (κ1) is 14.9. The Hall–Kier alpha value is -1.52. The summed E-state index contributed by atoms with van der Waals surface area (Å²) >= 11 is 1.55. The topological polar surface area (TPSA) is 56.0 Å². The van der Waals surface area contributed by atoms with Crippen LogP contribution in [0.4, 0.5) is 0 Å². The van der Waals surface area contributed by atoms with Crippen LogP contribution in [0.25, 0.3) is 11.3 Å². The van der Waals surface area contributed by atoms with Gasteiger partial charge in [0, 0.05) is 23.4 Å². The second kappa shape index (κ2) is 7.31. The van der Waals surface area contributed by atoms with Crippen LogP contribution in [0.5, 0.6) is 0 Å². The summed E-state index contributed by atoms with van der Waals surface area (Å²) in [5, 5.41) is 2.89. The number of thiazole rings is 1. The van der Waals surface area contributed by atoms with Crippen molar-refractivity contribution in [3.63, 3.8) is 0 Å². The van der Waals surface area contributed by atoms with Crippen LogP contribution in [0.15, 0.2) is 35.7 Å². The number of carbonyl (C=O) groups is 1. The molecule has 0 saturated heterocycles. The molecule has 0 amide bonds. The minimum atomic E-state index is -0.0240. The molecule has 0 fully saturated rings. The van der Waals surface area contributed by atoms with Crippen LogP contribution in [0, 0.1) is 5.92 Å². The van der Waals surface area contributed by atoms with Gasteiger partial charge in [0.1, 0.15) is 10.8 Å². The van der Waals surface area contributed by atoms with E-state index in [-0.39, 0.29) is 11.7 Å². The van der Waals surface area contributed by atoms with E-state index in [0.29, 0.717) is 13.0 Å². The van der Waals surface area contributed by atoms with Gasteiger partial charge in [-0.25, -0.2) is 4.98 Å². The number of rotatable bonds is 7. The van der Waals surface area contributed by atoms with Crippen molar-refractivity contribution in [3.05, 3.63) is 40.7 Å². The fourth-order valence-electron chi connectivity index (χ4n) is 2.19. The van der Waals surface area contributed by atoms with Crippen LogP contribution in [0.2, 0.25) is 0 Å². The molecule has 0 saturated carbocycles. The number of Topliss-reactive ketones (excluding diaryl/α,β-unsaturated/α-hetero) is 1. The minimum Gasteiger partial charge on any atom is -0.330 e. The maximum absolute atomic E-state index is 12.2. The smallest absolute Gasteiger partial charge is 0.144 e. The highest BCUT2D eigenvalue weighted by atomic mass is 32.1. The summed E-state index contributed by atoms with van der Waals surface area (Å²) in [6, 6.07) is 10.0. The Morgan fingerprint density at radius 1 is 1.35 bits per heavy atom. The average Bonchev–Trinajstić information content (AvgIpc) is 2.94. The zero-order chi connectivity index (χ0) is 14.4. The number of benzene rings is 1. The standard InChI is InChI=1S/C16H20N2OS/c1-2-6-13(10-17)15(19)9-16-18-14(11-20-16)12-7-4-3-5-8-12/h3-5,7-8,11,13H,2,6,9-10,17H2,1H3. The van der Waals surface area contributed by atoms with Gasteiger partial charge in [-0.15, -0.1) is 11.3 Å². The summed E-state index contributed by atoms with van der Waals surface area (Å²) < 4.78 is 0. The summed E-state index contributed by atoms with van der Waals surface area (Å²) in [6.07, 6.45) is 2.26. The number of nitrogens with zero attached hydrogens (tertiary/aromatic N) is 1. The molecule has 2 N–H and O–H groups in total. The fourth-order valence-corrected chi connectivity index (χ4v) is 3.00. The zero-order valence-corrected chi connectivity index (χ0v) is 12.5. The van der Waals surface area contributed by atoms with Crippen LogP contribution >= 0.6 is 11.3 Å². The highest BCUT2D eigenvalue weighted by Crippen LogP contribution is 2.22. The fraction of sp³-hybridized carbons (Fsp3) is 0.375. The van der Waals surface area contributed by atoms with Crippen molar-refractivity contribution < 1.29 is 4.79 Å². The van der Waals surface area contributed by atoms with Crippen molar-refractivity contribution in [3.8, 4) is 11.3 Å². The number of aromatic nitrogens is 1. The van der Waals surface area contributed by atoms with Gasteiger partial charge in [-0.05, 0) is 6.42 Å². The molecule has 3 nitrogen and oxygen atoms in total. The van der Waals surface area contributed by atoms with E-state index in [1.54, 1.807) is 11.3 Å². The molecule has 1 atom stereocenters. The van der Waals surface area contributed by atoms with Crippen molar-refractivity contribution in [1.29, 1.82) is 0 Å². The predicted octanol–water partition coefficient (Wildman–Crippen LogP) is 3.30. The maximum Gasteiger partial charge on any atom is 0.144 e. The van der Waals surface area contributed by atoms with Gasteiger partial charge in [0.25, 0.3) is 0 Å². The Bertz CT molecular complexity index is 551. The normalized spacial score (nSPS) is 12.3. The van der Waals surface area contributed by atoms with Gasteiger partial charge >= 0.3 is 0 Å². The van der Waals surface area contributed by atoms with Crippen molar-refractivity contribution >= 4 is 17.1 Å². The van der Waals surface area contributed by atoms with E-state index in [1.807, 2.05) is 35.7 Å². The van der Waals surface area contributed by atoms with Crippen molar-refractivity contribution in [2.45, 2.75) is 26.2 Å². The largest absolute Gasteiger partial charge is 0.330 e. The van der Waals surface area contributed by atoms with E-state index in [9.17, 15) is 4.79 Å². The molecule has 0 aliphatic heterocycles. The molecule has 0 spiro atoms. The van der Waals surface area contributed by atoms with E-state index in [1.165, 1.54) is 0 Å². The van der Waals surface area contributed by atoms with Gasteiger partial charge < -0.3 is 5.73 Å². The number of nitrogens with two attached hydrogens (primary N) is 1. The highest BCUT2D eigenvalue weighted by Gasteiger charge is 2.17. The van der Waals surface area contributed by atoms with Crippen molar-refractivity contribution in [1.82, 2.24) is 4.98 Å². The molecule has 1 unspecified atom stereocenters. The summed E-state index contributed by atoms with van der Waals surface area (Å²) in [5.41, 5.74) is 7.70. The van der Waals surface area contributed by atoms with Crippen LogP contribution in [-0.2, 0) is 11.2 Å². The third-order valence-electron chi connectivity index (χ3n) is 3.32. The van der Waals surface area contributed by atoms with Gasteiger partial charge in [0.05, 0.1) is 12.1 Å². The summed E-state index contributed by atoms with van der Waals surface area (Å²) in [4.78, 5) is 16.7. The van der Waals surface area contributed by atoms with Crippen LogP contribution in [0.1, 0.15) is 24.8 Å². The lowest BCUT2D eigenvalue weighted by Gasteiger charge is -2.10. The molecule has 1 aromatic heterocycles. The van der Waals surface area contributed by atoms with E-state index >= 15 is 0 Å². The molecule has 1 aromatic carbocycles. The molecular formula is C16H20N2OS. The Morgan fingerprint density at radius 3 is 2.75 bits per heavy atom. The first-order chi connectivity index (χ1) is 9.74. The molecule has 0 radical (unpaired) electrons. The van der Waals surface area contributed by atoms with E-state index in [4.69, 9.17) is 5.73 Å². The molecule has 2 aromatic rings. The molecular weight excluding hydrogens is 268 g/mol. The molecule has 0 bridgehead atoms. The number of carbonyl (C=O) groups excluding carboxylic acids is 1. The van der Waals surface area contributed by atoms with Gasteiger partial charge in [-0.3, -0.25) is 4.79 Å². The third-order valence-corrected chi connectivity index (χ3v) is 4.17. The van der Waals surface area contributed by atoms with Crippen LogP contribution < -0.4 is 5.73 Å². The quantitative estimate of drug-likeness (QED) is 0.850. The Labute approximate surface area is 123 Å². The van der Waals surface area contributed by atoms with Gasteiger partial charge in [-0.1, -0.05) is 43.7 Å². The van der Waals surface area contributed by atoms with Gasteiger partial charge in [0.2, 0.25) is 0 Å². The minimum absolute atomic E-state index is 0.0240. The van der Waals surface area contributed by atoms with E-state index in [2.05, 4.69) is 11.9 Å². The average molecular weight is 288 g/mol. The van der Waals surface area contributed by atoms with Gasteiger partial charge in [-0.2, -0.15) is 0 Å². The SMILES string of the molecule is CCCC(CN)C(=O)Cc1nc(-c2ccccc2)cs1. The molecule has 106 valence electrons. The first-order valence-electron chi connectivity index (χ1n) is 6.97. The third kappa shape index (κ3) is 3.74. The lowest BCUT2D eigenvalue weighted by molar-refractivity contribution is -0.122. The number of hydrogen-bond donors (Lipinski definition) is 1. The Balaban J connectivity index is 2.04. The first-order valence-corrected chi connectivity index (χ1v) is 7.85. The van der Waals surface area contributed by atoms with E-state index in [0.717, 1.165) is 29.1 Å². The summed E-state index contributed by atoms with van der Waals surface area (Å²) in [5.74, 6) is 0.187. The van der Waals surface area contributed by atoms with Crippen molar-refractivity contribution in [2.24, 2.45) is 11.7 Å². The molecule has 4 heteroatoms. The molecule has 0 aliphatic carbocycles. The summed E-state index contributed by atoms with van der Waals surface area (Å²) in [6.45, 7) is 2.51. The molecule has 1 heterocycles. The monoisotopic (exact) mass is 288 g/mol. The predicted molar refractivity (Wildman–Crippen MR) is 83.7 cm³/mol. The van der Waals surface area contributed by atoms with E-state index < -0.39 is 0 Å². The van der Waals surface area contributed by atoms with Crippen molar-refractivity contribution in [2.75, 3.05) is 6.54 Å². The Kier molecular flexibility index (Phi) is 5.44.